The minimum Gasteiger partial charge on any atom is -0.493 e. The van der Waals surface area contributed by atoms with Gasteiger partial charge >= 0.3 is 0 Å². The van der Waals surface area contributed by atoms with Crippen LogP contribution < -0.4 is 14.8 Å². The second-order valence-electron chi connectivity index (χ2n) is 6.33. The van der Waals surface area contributed by atoms with E-state index in [0.717, 1.165) is 37.7 Å². The highest BCUT2D eigenvalue weighted by atomic mass is 32.1. The van der Waals surface area contributed by atoms with Crippen molar-refractivity contribution >= 4 is 11.3 Å². The molecule has 0 saturated carbocycles. The molecule has 136 valence electrons. The van der Waals surface area contributed by atoms with Crippen LogP contribution in [0.3, 0.4) is 0 Å². The molecule has 2 aromatic rings. The minimum absolute atomic E-state index is 0.267. The molecule has 2 heterocycles. The Morgan fingerprint density at radius 2 is 2.04 bits per heavy atom. The van der Waals surface area contributed by atoms with Crippen molar-refractivity contribution < 1.29 is 9.47 Å². The summed E-state index contributed by atoms with van der Waals surface area (Å²) in [5, 5.41) is 3.51. The second kappa shape index (κ2) is 8.70. The first-order valence-electron chi connectivity index (χ1n) is 9.04. The van der Waals surface area contributed by atoms with Gasteiger partial charge in [-0.15, -0.1) is 11.3 Å². The highest BCUT2D eigenvalue weighted by Crippen LogP contribution is 2.38. The van der Waals surface area contributed by atoms with Crippen molar-refractivity contribution in [2.45, 2.75) is 26.3 Å². The number of ether oxygens (including phenoxy) is 2. The molecule has 0 radical (unpaired) electrons. The Bertz CT molecular complexity index is 678. The molecule has 0 spiro atoms. The Kier molecular flexibility index (Phi) is 6.34. The van der Waals surface area contributed by atoms with Gasteiger partial charge in [0.2, 0.25) is 0 Å². The molecule has 0 aliphatic carbocycles. The summed E-state index contributed by atoms with van der Waals surface area (Å²) in [5.41, 5.74) is 1.27. The van der Waals surface area contributed by atoms with Crippen LogP contribution >= 0.6 is 11.3 Å². The summed E-state index contributed by atoms with van der Waals surface area (Å²) in [6, 6.07) is 11.1. The van der Waals surface area contributed by atoms with Crippen LogP contribution in [0.4, 0.5) is 0 Å². The maximum atomic E-state index is 5.82. The van der Waals surface area contributed by atoms with E-state index in [1.165, 1.54) is 21.7 Å². The van der Waals surface area contributed by atoms with E-state index in [4.69, 9.17) is 9.47 Å². The first-order chi connectivity index (χ1) is 12.2. The molecule has 1 N–H and O–H groups in total. The van der Waals surface area contributed by atoms with E-state index in [0.29, 0.717) is 6.61 Å². The second-order valence-corrected chi connectivity index (χ2v) is 7.65. The first-order valence-corrected chi connectivity index (χ1v) is 9.86. The van der Waals surface area contributed by atoms with Gasteiger partial charge in [-0.1, -0.05) is 6.07 Å². The number of aryl methyl sites for hydroxylation is 1. The van der Waals surface area contributed by atoms with Gasteiger partial charge in [0.05, 0.1) is 19.8 Å². The summed E-state index contributed by atoms with van der Waals surface area (Å²) in [6.45, 7) is 9.11. The van der Waals surface area contributed by atoms with Gasteiger partial charge in [0.1, 0.15) is 0 Å². The predicted molar refractivity (Wildman–Crippen MR) is 104 cm³/mol. The lowest BCUT2D eigenvalue weighted by atomic mass is 10.0. The van der Waals surface area contributed by atoms with Crippen LogP contribution in [-0.2, 0) is 0 Å². The van der Waals surface area contributed by atoms with Gasteiger partial charge in [-0.2, -0.15) is 0 Å². The number of methoxy groups -OCH3 is 1. The summed E-state index contributed by atoms with van der Waals surface area (Å²) < 4.78 is 11.3. The lowest BCUT2D eigenvalue weighted by Crippen LogP contribution is -2.32. The van der Waals surface area contributed by atoms with Crippen LogP contribution in [0.5, 0.6) is 11.5 Å². The molecule has 0 amide bonds. The van der Waals surface area contributed by atoms with E-state index in [1.54, 1.807) is 7.11 Å². The van der Waals surface area contributed by atoms with Gasteiger partial charge in [-0.3, -0.25) is 4.90 Å². The van der Waals surface area contributed by atoms with Crippen LogP contribution in [0.25, 0.3) is 0 Å². The maximum Gasteiger partial charge on any atom is 0.161 e. The largest absolute Gasteiger partial charge is 0.493 e. The lowest BCUT2D eigenvalue weighted by Gasteiger charge is -2.30. The van der Waals surface area contributed by atoms with Crippen LogP contribution in [-0.4, -0.2) is 44.8 Å². The standard InChI is InChI=1S/C20H28N2O2S/c1-4-24-18-14-16(7-8-17(18)23-3)20(19-9-6-15(2)25-19)22-12-5-10-21-11-13-22/h6-9,14,20-21H,4-5,10-13H2,1-3H3. The number of rotatable bonds is 6. The van der Waals surface area contributed by atoms with Crippen LogP contribution in [0.2, 0.25) is 0 Å². The van der Waals surface area contributed by atoms with Crippen molar-refractivity contribution in [1.29, 1.82) is 0 Å². The molecule has 3 rings (SSSR count). The van der Waals surface area contributed by atoms with Gasteiger partial charge in [0.15, 0.2) is 11.5 Å². The highest BCUT2D eigenvalue weighted by Gasteiger charge is 2.25. The van der Waals surface area contributed by atoms with E-state index in [1.807, 2.05) is 24.3 Å². The average Bonchev–Trinajstić information content (AvgIpc) is 2.87. The van der Waals surface area contributed by atoms with E-state index in [-0.39, 0.29) is 6.04 Å². The molecule has 1 atom stereocenters. The summed E-state index contributed by atoms with van der Waals surface area (Å²) in [6.07, 6.45) is 1.18. The molecule has 1 aromatic carbocycles. The Morgan fingerprint density at radius 3 is 2.76 bits per heavy atom. The van der Waals surface area contributed by atoms with Crippen molar-refractivity contribution in [3.05, 3.63) is 45.6 Å². The molecule has 1 saturated heterocycles. The Labute approximate surface area is 154 Å². The SMILES string of the molecule is CCOc1cc(C(c2ccc(C)s2)N2CCCNCC2)ccc1OC. The smallest absolute Gasteiger partial charge is 0.161 e. The molecule has 0 bridgehead atoms. The molecule has 25 heavy (non-hydrogen) atoms. The van der Waals surface area contributed by atoms with Gasteiger partial charge < -0.3 is 14.8 Å². The molecular formula is C20H28N2O2S. The number of hydrogen-bond donors (Lipinski definition) is 1. The van der Waals surface area contributed by atoms with Crippen LogP contribution in [0.1, 0.15) is 34.7 Å². The molecular weight excluding hydrogens is 332 g/mol. The molecule has 1 aliphatic heterocycles. The number of thiophene rings is 1. The van der Waals surface area contributed by atoms with Crippen LogP contribution in [0, 0.1) is 6.92 Å². The molecule has 4 nitrogen and oxygen atoms in total. The van der Waals surface area contributed by atoms with Crippen molar-refractivity contribution in [2.24, 2.45) is 0 Å². The number of benzene rings is 1. The van der Waals surface area contributed by atoms with Gasteiger partial charge in [-0.25, -0.2) is 0 Å². The zero-order valence-corrected chi connectivity index (χ0v) is 16.2. The topological polar surface area (TPSA) is 33.7 Å². The minimum atomic E-state index is 0.267. The lowest BCUT2D eigenvalue weighted by molar-refractivity contribution is 0.242. The molecule has 1 unspecified atom stereocenters. The predicted octanol–water partition coefficient (Wildman–Crippen LogP) is 3.85. The third-order valence-corrected chi connectivity index (χ3v) is 5.63. The number of nitrogens with zero attached hydrogens (tertiary/aromatic N) is 1. The molecule has 1 fully saturated rings. The molecule has 5 heteroatoms. The summed E-state index contributed by atoms with van der Waals surface area (Å²) in [7, 11) is 1.69. The quantitative estimate of drug-likeness (QED) is 0.848. The Morgan fingerprint density at radius 1 is 1.16 bits per heavy atom. The van der Waals surface area contributed by atoms with E-state index in [9.17, 15) is 0 Å². The van der Waals surface area contributed by atoms with Crippen LogP contribution in [0.15, 0.2) is 30.3 Å². The third kappa shape index (κ3) is 4.35. The van der Waals surface area contributed by atoms with E-state index in [2.05, 4.69) is 41.4 Å². The van der Waals surface area contributed by atoms with Gasteiger partial charge in [-0.05, 0) is 56.6 Å². The van der Waals surface area contributed by atoms with Crippen molar-refractivity contribution in [3.63, 3.8) is 0 Å². The molecule has 1 aromatic heterocycles. The number of nitrogens with one attached hydrogen (secondary N) is 1. The normalized spacial score (nSPS) is 17.1. The monoisotopic (exact) mass is 360 g/mol. The van der Waals surface area contributed by atoms with Crippen molar-refractivity contribution in [2.75, 3.05) is 39.9 Å². The first kappa shape index (κ1) is 18.2. The maximum absolute atomic E-state index is 5.82. The average molecular weight is 361 g/mol. The highest BCUT2D eigenvalue weighted by molar-refractivity contribution is 7.12. The summed E-state index contributed by atoms with van der Waals surface area (Å²) in [5.74, 6) is 1.62. The zero-order chi connectivity index (χ0) is 17.6. The number of hydrogen-bond acceptors (Lipinski definition) is 5. The molecule has 1 aliphatic rings. The fourth-order valence-electron chi connectivity index (χ4n) is 3.41. The van der Waals surface area contributed by atoms with Gasteiger partial charge in [0.25, 0.3) is 0 Å². The van der Waals surface area contributed by atoms with Crippen molar-refractivity contribution in [3.8, 4) is 11.5 Å². The zero-order valence-electron chi connectivity index (χ0n) is 15.4. The Hall–Kier alpha value is -1.56. The van der Waals surface area contributed by atoms with E-state index >= 15 is 0 Å². The fourth-order valence-corrected chi connectivity index (χ4v) is 4.45. The third-order valence-electron chi connectivity index (χ3n) is 4.57. The summed E-state index contributed by atoms with van der Waals surface area (Å²) in [4.78, 5) is 5.33. The Balaban J connectivity index is 2.00. The van der Waals surface area contributed by atoms with E-state index < -0.39 is 0 Å². The fraction of sp³-hybridized carbons (Fsp3) is 0.500. The van der Waals surface area contributed by atoms with Gasteiger partial charge in [0, 0.05) is 29.4 Å². The van der Waals surface area contributed by atoms with Crippen molar-refractivity contribution in [1.82, 2.24) is 10.2 Å². The summed E-state index contributed by atoms with van der Waals surface area (Å²) >= 11 is 1.89.